The van der Waals surface area contributed by atoms with Gasteiger partial charge in [-0.05, 0) is 30.7 Å². The minimum atomic E-state index is -0.194. The van der Waals surface area contributed by atoms with Crippen molar-refractivity contribution in [2.75, 3.05) is 20.8 Å². The van der Waals surface area contributed by atoms with E-state index in [0.29, 0.717) is 6.54 Å². The summed E-state index contributed by atoms with van der Waals surface area (Å²) in [7, 11) is 3.25. The van der Waals surface area contributed by atoms with Crippen LogP contribution in [0.4, 0.5) is 4.39 Å². The summed E-state index contributed by atoms with van der Waals surface area (Å²) >= 11 is 0. The molecule has 0 amide bonds. The second-order valence-electron chi connectivity index (χ2n) is 2.57. The molecule has 0 spiro atoms. The minimum Gasteiger partial charge on any atom is -0.388 e. The third-order valence-corrected chi connectivity index (χ3v) is 1.35. The number of hydrogen-bond donors (Lipinski definition) is 1. The Labute approximate surface area is 78.5 Å². The molecule has 0 saturated heterocycles. The highest BCUT2D eigenvalue weighted by molar-refractivity contribution is 5.16. The van der Waals surface area contributed by atoms with Crippen molar-refractivity contribution in [3.05, 3.63) is 35.6 Å². The molecular weight excluding hydrogens is 169 g/mol. The Morgan fingerprint density at radius 2 is 1.69 bits per heavy atom. The van der Waals surface area contributed by atoms with Crippen LogP contribution in [0.2, 0.25) is 0 Å². The number of methoxy groups -OCH3 is 1. The number of ether oxygens (including phenoxy) is 1. The van der Waals surface area contributed by atoms with E-state index < -0.39 is 0 Å². The molecular formula is C10H16FNO. The summed E-state index contributed by atoms with van der Waals surface area (Å²) < 4.78 is 16.5. The van der Waals surface area contributed by atoms with Crippen LogP contribution >= 0.6 is 0 Å². The lowest BCUT2D eigenvalue weighted by molar-refractivity contribution is 0.277. The van der Waals surface area contributed by atoms with Gasteiger partial charge in [0.1, 0.15) is 5.82 Å². The Bertz CT molecular complexity index is 211. The number of hydrogen-bond acceptors (Lipinski definition) is 2. The first-order valence-electron chi connectivity index (χ1n) is 4.09. The molecule has 0 saturated carbocycles. The summed E-state index contributed by atoms with van der Waals surface area (Å²) in [5.41, 5.74) is 6.39. The van der Waals surface area contributed by atoms with E-state index in [4.69, 9.17) is 5.73 Å². The zero-order valence-electron chi connectivity index (χ0n) is 8.09. The van der Waals surface area contributed by atoms with E-state index in [1.807, 2.05) is 0 Å². The average Bonchev–Trinajstić information content (AvgIpc) is 2.11. The van der Waals surface area contributed by atoms with E-state index in [2.05, 4.69) is 4.74 Å². The van der Waals surface area contributed by atoms with Crippen LogP contribution in [0.1, 0.15) is 5.56 Å². The smallest absolute Gasteiger partial charge is 0.123 e. The van der Waals surface area contributed by atoms with Gasteiger partial charge in [-0.2, -0.15) is 0 Å². The molecule has 0 aliphatic rings. The maximum absolute atomic E-state index is 12.3. The summed E-state index contributed by atoms with van der Waals surface area (Å²) in [5.74, 6) is -0.194. The SMILES string of the molecule is COC.NCCc1ccc(F)cc1. The fraction of sp³-hybridized carbons (Fsp3) is 0.400. The Morgan fingerprint density at radius 3 is 2.08 bits per heavy atom. The molecule has 0 aromatic heterocycles. The van der Waals surface area contributed by atoms with Crippen molar-refractivity contribution in [2.24, 2.45) is 5.73 Å². The summed E-state index contributed by atoms with van der Waals surface area (Å²) in [5, 5.41) is 0. The predicted molar refractivity (Wildman–Crippen MR) is 52.1 cm³/mol. The van der Waals surface area contributed by atoms with Gasteiger partial charge in [0, 0.05) is 14.2 Å². The molecule has 1 aromatic carbocycles. The summed E-state index contributed by atoms with van der Waals surface area (Å²) in [6.07, 6.45) is 0.820. The van der Waals surface area contributed by atoms with E-state index >= 15 is 0 Å². The number of benzene rings is 1. The average molecular weight is 185 g/mol. The van der Waals surface area contributed by atoms with E-state index in [9.17, 15) is 4.39 Å². The third-order valence-electron chi connectivity index (χ3n) is 1.35. The highest BCUT2D eigenvalue weighted by Crippen LogP contribution is 2.01. The van der Waals surface area contributed by atoms with Gasteiger partial charge in [0.2, 0.25) is 0 Å². The topological polar surface area (TPSA) is 35.2 Å². The van der Waals surface area contributed by atoms with Crippen molar-refractivity contribution in [2.45, 2.75) is 6.42 Å². The number of nitrogens with two attached hydrogens (primary N) is 1. The molecule has 0 radical (unpaired) electrons. The molecule has 0 bridgehead atoms. The molecule has 0 aliphatic carbocycles. The monoisotopic (exact) mass is 185 g/mol. The molecule has 2 N–H and O–H groups in total. The Hall–Kier alpha value is -0.930. The second kappa shape index (κ2) is 7.71. The lowest BCUT2D eigenvalue weighted by atomic mass is 10.1. The summed E-state index contributed by atoms with van der Waals surface area (Å²) in [4.78, 5) is 0. The van der Waals surface area contributed by atoms with Crippen LogP contribution in [0, 0.1) is 5.82 Å². The highest BCUT2D eigenvalue weighted by atomic mass is 19.1. The molecule has 74 valence electrons. The van der Waals surface area contributed by atoms with Crippen molar-refractivity contribution < 1.29 is 9.13 Å². The van der Waals surface area contributed by atoms with Gasteiger partial charge >= 0.3 is 0 Å². The van der Waals surface area contributed by atoms with E-state index in [0.717, 1.165) is 12.0 Å². The molecule has 0 atom stereocenters. The van der Waals surface area contributed by atoms with Crippen LogP contribution < -0.4 is 5.73 Å². The largest absolute Gasteiger partial charge is 0.388 e. The standard InChI is InChI=1S/C8H10FN.C2H6O/c9-8-3-1-7(2-4-8)5-6-10;1-3-2/h1-4H,5-6,10H2;1-2H3. The zero-order valence-corrected chi connectivity index (χ0v) is 8.09. The maximum atomic E-state index is 12.3. The zero-order chi connectivity index (χ0) is 10.1. The highest BCUT2D eigenvalue weighted by Gasteiger charge is 1.90. The fourth-order valence-corrected chi connectivity index (χ4v) is 0.818. The Kier molecular flexibility index (Phi) is 7.15. The maximum Gasteiger partial charge on any atom is 0.123 e. The van der Waals surface area contributed by atoms with Gasteiger partial charge in [0.15, 0.2) is 0 Å². The van der Waals surface area contributed by atoms with E-state index in [1.165, 1.54) is 12.1 Å². The van der Waals surface area contributed by atoms with Gasteiger partial charge in [-0.1, -0.05) is 12.1 Å². The van der Waals surface area contributed by atoms with Crippen molar-refractivity contribution in [1.82, 2.24) is 0 Å². The molecule has 2 nitrogen and oxygen atoms in total. The van der Waals surface area contributed by atoms with Crippen LogP contribution in [0.5, 0.6) is 0 Å². The third kappa shape index (κ3) is 6.25. The van der Waals surface area contributed by atoms with Gasteiger partial charge in [0.25, 0.3) is 0 Å². The van der Waals surface area contributed by atoms with Crippen molar-refractivity contribution in [1.29, 1.82) is 0 Å². The second-order valence-corrected chi connectivity index (χ2v) is 2.57. The van der Waals surface area contributed by atoms with Crippen LogP contribution in [-0.2, 0) is 11.2 Å². The Morgan fingerprint density at radius 1 is 1.23 bits per heavy atom. The molecule has 0 aliphatic heterocycles. The molecule has 0 unspecified atom stereocenters. The summed E-state index contributed by atoms with van der Waals surface area (Å²) in [6, 6.07) is 6.40. The first-order chi connectivity index (χ1) is 6.24. The van der Waals surface area contributed by atoms with Gasteiger partial charge in [-0.25, -0.2) is 4.39 Å². The van der Waals surface area contributed by atoms with Crippen molar-refractivity contribution in [3.8, 4) is 0 Å². The minimum absolute atomic E-state index is 0.194. The first kappa shape index (κ1) is 12.1. The van der Waals surface area contributed by atoms with Gasteiger partial charge in [-0.3, -0.25) is 0 Å². The molecule has 1 rings (SSSR count). The number of rotatable bonds is 2. The quantitative estimate of drug-likeness (QED) is 0.759. The van der Waals surface area contributed by atoms with Crippen molar-refractivity contribution in [3.63, 3.8) is 0 Å². The predicted octanol–water partition coefficient (Wildman–Crippen LogP) is 1.59. The molecule has 1 aromatic rings. The van der Waals surface area contributed by atoms with Gasteiger partial charge < -0.3 is 10.5 Å². The first-order valence-corrected chi connectivity index (χ1v) is 4.09. The van der Waals surface area contributed by atoms with Gasteiger partial charge in [0.05, 0.1) is 0 Å². The van der Waals surface area contributed by atoms with Crippen LogP contribution in [0.15, 0.2) is 24.3 Å². The normalized spacial score (nSPS) is 8.92. The van der Waals surface area contributed by atoms with Gasteiger partial charge in [-0.15, -0.1) is 0 Å². The lowest BCUT2D eigenvalue weighted by Crippen LogP contribution is -2.02. The van der Waals surface area contributed by atoms with E-state index in [-0.39, 0.29) is 5.82 Å². The Balaban J connectivity index is 0.000000424. The van der Waals surface area contributed by atoms with Crippen molar-refractivity contribution >= 4 is 0 Å². The molecule has 0 fully saturated rings. The summed E-state index contributed by atoms with van der Waals surface area (Å²) in [6.45, 7) is 0.617. The van der Waals surface area contributed by atoms with Crippen LogP contribution in [0.25, 0.3) is 0 Å². The lowest BCUT2D eigenvalue weighted by Gasteiger charge is -1.95. The van der Waals surface area contributed by atoms with E-state index in [1.54, 1.807) is 26.4 Å². The van der Waals surface area contributed by atoms with Crippen LogP contribution in [0.3, 0.4) is 0 Å². The fourth-order valence-electron chi connectivity index (χ4n) is 0.818. The molecule has 3 heteroatoms. The molecule has 13 heavy (non-hydrogen) atoms. The number of halogens is 1. The molecule has 0 heterocycles. The van der Waals surface area contributed by atoms with Crippen LogP contribution in [-0.4, -0.2) is 20.8 Å².